The highest BCUT2D eigenvalue weighted by Gasteiger charge is 2.62. The summed E-state index contributed by atoms with van der Waals surface area (Å²) in [6, 6.07) is 3.00. The third-order valence-electron chi connectivity index (χ3n) is 5.56. The molecule has 1 spiro atoms. The number of rotatable bonds is 3. The number of anilines is 1. The van der Waals surface area contributed by atoms with Crippen LogP contribution in [0.15, 0.2) is 30.9 Å². The summed E-state index contributed by atoms with van der Waals surface area (Å²) in [6.07, 6.45) is 1.35. The van der Waals surface area contributed by atoms with Crippen LogP contribution in [-0.4, -0.2) is 60.0 Å². The first kappa shape index (κ1) is 18.1. The molecule has 28 heavy (non-hydrogen) atoms. The number of nitro groups is 1. The average Bonchev–Trinajstić information content (AvgIpc) is 2.69. The van der Waals surface area contributed by atoms with Crippen molar-refractivity contribution in [3.8, 4) is 0 Å². The van der Waals surface area contributed by atoms with E-state index < -0.39 is 34.2 Å². The first-order chi connectivity index (χ1) is 13.4. The number of fused-ring (bicyclic) bond motifs is 4. The van der Waals surface area contributed by atoms with Gasteiger partial charge in [0, 0.05) is 37.3 Å². The van der Waals surface area contributed by atoms with E-state index in [9.17, 15) is 24.5 Å². The van der Waals surface area contributed by atoms with E-state index >= 15 is 0 Å². The van der Waals surface area contributed by atoms with E-state index in [0.717, 1.165) is 10.6 Å². The van der Waals surface area contributed by atoms with Crippen molar-refractivity contribution in [2.45, 2.75) is 12.5 Å². The molecule has 1 N–H and O–H groups in total. The van der Waals surface area contributed by atoms with Crippen molar-refractivity contribution in [1.82, 2.24) is 10.2 Å². The van der Waals surface area contributed by atoms with Gasteiger partial charge in [-0.1, -0.05) is 6.08 Å². The number of imide groups is 2. The van der Waals surface area contributed by atoms with Crippen LogP contribution in [0.4, 0.5) is 16.2 Å². The first-order valence-electron chi connectivity index (χ1n) is 8.80. The molecule has 3 aliphatic rings. The van der Waals surface area contributed by atoms with Crippen LogP contribution in [0, 0.1) is 15.5 Å². The number of nitrogens with one attached hydrogen (secondary N) is 1. The second-order valence-electron chi connectivity index (χ2n) is 6.97. The van der Waals surface area contributed by atoms with Crippen LogP contribution in [0.1, 0.15) is 5.56 Å². The minimum atomic E-state index is -1.61. The maximum Gasteiger partial charge on any atom is 0.331 e. The SMILES string of the molecule is C=CCN1C(=O)NC(=O)[C@]2(Cc3cc([N+](=O)[O-])ccc3N3CCOCC32)C1=O. The molecule has 2 saturated heterocycles. The molecular weight excluding hydrogens is 368 g/mol. The van der Waals surface area contributed by atoms with E-state index in [1.165, 1.54) is 18.2 Å². The van der Waals surface area contributed by atoms with Gasteiger partial charge in [-0.3, -0.25) is 29.9 Å². The summed E-state index contributed by atoms with van der Waals surface area (Å²) in [5.41, 5.74) is -0.483. The number of carbonyl (C=O) groups is 3. The summed E-state index contributed by atoms with van der Waals surface area (Å²) < 4.78 is 5.56. The minimum absolute atomic E-state index is 0.0466. The summed E-state index contributed by atoms with van der Waals surface area (Å²) in [4.78, 5) is 52.1. The van der Waals surface area contributed by atoms with Crippen LogP contribution in [0.25, 0.3) is 0 Å². The molecule has 10 nitrogen and oxygen atoms in total. The highest BCUT2D eigenvalue weighted by atomic mass is 16.6. The molecule has 1 aromatic carbocycles. The van der Waals surface area contributed by atoms with Gasteiger partial charge in [0.25, 0.3) is 5.69 Å². The Balaban J connectivity index is 1.88. The molecule has 146 valence electrons. The Labute approximate surface area is 159 Å². The number of hydrogen-bond donors (Lipinski definition) is 1. The Morgan fingerprint density at radius 3 is 2.89 bits per heavy atom. The molecule has 0 radical (unpaired) electrons. The number of hydrogen-bond acceptors (Lipinski definition) is 7. The van der Waals surface area contributed by atoms with E-state index in [1.54, 1.807) is 6.07 Å². The molecule has 10 heteroatoms. The van der Waals surface area contributed by atoms with Crippen LogP contribution in [-0.2, 0) is 20.7 Å². The number of ether oxygens (including phenoxy) is 1. The Hall–Kier alpha value is -3.27. The monoisotopic (exact) mass is 386 g/mol. The zero-order valence-corrected chi connectivity index (χ0v) is 14.9. The number of morpholine rings is 1. The molecule has 0 saturated carbocycles. The van der Waals surface area contributed by atoms with E-state index in [-0.39, 0.29) is 25.3 Å². The fourth-order valence-electron chi connectivity index (χ4n) is 4.28. The molecule has 0 aromatic heterocycles. The molecule has 0 aliphatic carbocycles. The normalized spacial score (nSPS) is 26.6. The summed E-state index contributed by atoms with van der Waals surface area (Å²) in [7, 11) is 0. The zero-order valence-electron chi connectivity index (χ0n) is 14.9. The second-order valence-corrected chi connectivity index (χ2v) is 6.97. The fraction of sp³-hybridized carbons (Fsp3) is 0.389. The molecule has 2 atom stereocenters. The Bertz CT molecular complexity index is 915. The van der Waals surface area contributed by atoms with Crippen molar-refractivity contribution in [2.75, 3.05) is 31.2 Å². The highest BCUT2D eigenvalue weighted by Crippen LogP contribution is 2.46. The highest BCUT2D eigenvalue weighted by molar-refractivity contribution is 6.20. The molecular formula is C18H18N4O6. The van der Waals surface area contributed by atoms with Gasteiger partial charge in [0.15, 0.2) is 5.41 Å². The number of nitrogens with zero attached hydrogens (tertiary/aromatic N) is 3. The lowest BCUT2D eigenvalue weighted by molar-refractivity contribution is -0.384. The molecule has 3 heterocycles. The van der Waals surface area contributed by atoms with Gasteiger partial charge in [-0.2, -0.15) is 0 Å². The van der Waals surface area contributed by atoms with Crippen molar-refractivity contribution >= 4 is 29.2 Å². The lowest BCUT2D eigenvalue weighted by Gasteiger charge is -2.53. The van der Waals surface area contributed by atoms with Crippen molar-refractivity contribution in [3.05, 3.63) is 46.5 Å². The van der Waals surface area contributed by atoms with E-state index in [0.29, 0.717) is 18.7 Å². The topological polar surface area (TPSA) is 122 Å². The summed E-state index contributed by atoms with van der Waals surface area (Å²) in [6.45, 7) is 4.46. The third kappa shape index (κ3) is 2.41. The van der Waals surface area contributed by atoms with Gasteiger partial charge in [-0.05, 0) is 11.6 Å². The van der Waals surface area contributed by atoms with Crippen molar-refractivity contribution in [2.24, 2.45) is 5.41 Å². The summed E-state index contributed by atoms with van der Waals surface area (Å²) in [5.74, 6) is -1.35. The maximum atomic E-state index is 13.4. The number of non-ortho nitro benzene ring substituents is 1. The number of nitro benzene ring substituents is 1. The molecule has 4 rings (SSSR count). The molecule has 1 aromatic rings. The molecule has 2 fully saturated rings. The zero-order chi connectivity index (χ0) is 20.1. The van der Waals surface area contributed by atoms with Crippen molar-refractivity contribution < 1.29 is 24.0 Å². The van der Waals surface area contributed by atoms with E-state index in [4.69, 9.17) is 4.74 Å². The average molecular weight is 386 g/mol. The van der Waals surface area contributed by atoms with Gasteiger partial charge in [0.2, 0.25) is 11.8 Å². The summed E-state index contributed by atoms with van der Waals surface area (Å²) in [5, 5.41) is 13.5. The molecule has 1 unspecified atom stereocenters. The van der Waals surface area contributed by atoms with Crippen LogP contribution in [0.3, 0.4) is 0 Å². The molecule has 4 amide bonds. The van der Waals surface area contributed by atoms with Gasteiger partial charge in [-0.25, -0.2) is 4.79 Å². The first-order valence-corrected chi connectivity index (χ1v) is 8.80. The van der Waals surface area contributed by atoms with Gasteiger partial charge >= 0.3 is 6.03 Å². The van der Waals surface area contributed by atoms with Crippen LogP contribution < -0.4 is 10.2 Å². The Kier molecular flexibility index (Phi) is 4.15. The largest absolute Gasteiger partial charge is 0.377 e. The van der Waals surface area contributed by atoms with Gasteiger partial charge in [0.1, 0.15) is 0 Å². The van der Waals surface area contributed by atoms with Gasteiger partial charge < -0.3 is 9.64 Å². The number of carbonyl (C=O) groups excluding carboxylic acids is 3. The fourth-order valence-corrected chi connectivity index (χ4v) is 4.28. The van der Waals surface area contributed by atoms with Crippen molar-refractivity contribution in [1.29, 1.82) is 0 Å². The lowest BCUT2D eigenvalue weighted by Crippen LogP contribution is -2.73. The smallest absolute Gasteiger partial charge is 0.331 e. The van der Waals surface area contributed by atoms with Gasteiger partial charge in [-0.15, -0.1) is 6.58 Å². The molecule has 3 aliphatic heterocycles. The number of barbiturate groups is 1. The quantitative estimate of drug-likeness (QED) is 0.349. The Morgan fingerprint density at radius 2 is 2.18 bits per heavy atom. The predicted molar refractivity (Wildman–Crippen MR) is 96.6 cm³/mol. The number of benzene rings is 1. The van der Waals surface area contributed by atoms with E-state index in [2.05, 4.69) is 11.9 Å². The lowest BCUT2D eigenvalue weighted by atomic mass is 9.68. The number of amides is 4. The Morgan fingerprint density at radius 1 is 1.39 bits per heavy atom. The summed E-state index contributed by atoms with van der Waals surface area (Å²) >= 11 is 0. The van der Waals surface area contributed by atoms with Crippen LogP contribution >= 0.6 is 0 Å². The van der Waals surface area contributed by atoms with Crippen LogP contribution in [0.5, 0.6) is 0 Å². The maximum absolute atomic E-state index is 13.4. The number of urea groups is 1. The second kappa shape index (κ2) is 6.41. The van der Waals surface area contributed by atoms with E-state index in [1.807, 2.05) is 4.90 Å². The standard InChI is InChI=1S/C18H18N4O6/c1-2-5-21-16(24)18(15(23)19-17(21)25)9-11-8-12(22(26)27)3-4-13(11)20-6-7-28-10-14(18)20/h2-4,8,14H,1,5-7,9-10H2,(H,19,23,25)/t14?,18-/m1/s1. The predicted octanol–water partition coefficient (Wildman–Crippen LogP) is 0.607. The third-order valence-corrected chi connectivity index (χ3v) is 5.56. The van der Waals surface area contributed by atoms with Crippen molar-refractivity contribution in [3.63, 3.8) is 0 Å². The van der Waals surface area contributed by atoms with Crippen LogP contribution in [0.2, 0.25) is 0 Å². The van der Waals surface area contributed by atoms with Gasteiger partial charge in [0.05, 0.1) is 24.2 Å². The molecule has 0 bridgehead atoms. The minimum Gasteiger partial charge on any atom is -0.377 e.